The van der Waals surface area contributed by atoms with E-state index < -0.39 is 0 Å². The highest BCUT2D eigenvalue weighted by Crippen LogP contribution is 2.22. The number of ether oxygens (including phenoxy) is 2. The maximum atomic E-state index is 12.9. The Morgan fingerprint density at radius 1 is 0.919 bits per heavy atom. The number of piperidine rings is 1. The van der Waals surface area contributed by atoms with Gasteiger partial charge in [-0.2, -0.15) is 0 Å². The van der Waals surface area contributed by atoms with Gasteiger partial charge in [0, 0.05) is 18.5 Å². The maximum absolute atomic E-state index is 12.9. The summed E-state index contributed by atoms with van der Waals surface area (Å²) in [7, 11) is 2.26. The van der Waals surface area contributed by atoms with E-state index >= 15 is 0 Å². The molecule has 6 nitrogen and oxygen atoms in total. The number of amides is 1. The van der Waals surface area contributed by atoms with Crippen LogP contribution >= 0.6 is 0 Å². The van der Waals surface area contributed by atoms with Crippen molar-refractivity contribution in [1.29, 1.82) is 0 Å². The van der Waals surface area contributed by atoms with Crippen LogP contribution in [-0.2, 0) is 4.74 Å². The zero-order chi connectivity index (χ0) is 25.8. The van der Waals surface area contributed by atoms with Crippen molar-refractivity contribution in [1.82, 2.24) is 0 Å². The molecule has 0 bridgehead atoms. The summed E-state index contributed by atoms with van der Waals surface area (Å²) < 4.78 is 12.7. The number of esters is 1. The molecule has 0 aliphatic carbocycles. The van der Waals surface area contributed by atoms with Gasteiger partial charge in [0.1, 0.15) is 11.9 Å². The van der Waals surface area contributed by atoms with E-state index in [-0.39, 0.29) is 35.0 Å². The number of nitrogens with one attached hydrogen (secondary N) is 1. The molecule has 1 aliphatic heterocycles. The molecule has 0 atom stereocenters. The first-order valence-corrected chi connectivity index (χ1v) is 13.6. The number of hydrogen-bond acceptors (Lipinski definition) is 4. The molecule has 3 rings (SSSR count). The second kappa shape index (κ2) is 15.8. The SMILES string of the molecule is CCCCCCCCOc1ccccc1C(=O)Nc1ccc(C(=O)OC2CC[N+](C)(CC)CC2)cc1.[Br-]. The zero-order valence-corrected chi connectivity index (χ0v) is 24.2. The van der Waals surface area contributed by atoms with Gasteiger partial charge in [0.05, 0.1) is 44.4 Å². The first kappa shape index (κ1) is 30.8. The number of unbranched alkanes of at least 4 members (excludes halogenated alkanes) is 5. The Morgan fingerprint density at radius 2 is 1.57 bits per heavy atom. The Labute approximate surface area is 233 Å². The first-order chi connectivity index (χ1) is 17.4. The van der Waals surface area contributed by atoms with Gasteiger partial charge in [0.25, 0.3) is 5.91 Å². The van der Waals surface area contributed by atoms with E-state index in [4.69, 9.17) is 9.47 Å². The number of anilines is 1. The molecule has 0 radical (unpaired) electrons. The van der Waals surface area contributed by atoms with Crippen molar-refractivity contribution in [2.75, 3.05) is 38.6 Å². The summed E-state index contributed by atoms with van der Waals surface area (Å²) in [6.45, 7) is 8.18. The molecule has 1 fully saturated rings. The molecule has 1 amide bonds. The highest BCUT2D eigenvalue weighted by atomic mass is 79.9. The van der Waals surface area contributed by atoms with Gasteiger partial charge in [-0.3, -0.25) is 4.79 Å². The van der Waals surface area contributed by atoms with Crippen LogP contribution in [0.1, 0.15) is 85.9 Å². The summed E-state index contributed by atoms with van der Waals surface area (Å²) in [5, 5.41) is 2.91. The lowest BCUT2D eigenvalue weighted by Crippen LogP contribution is -3.00. The minimum absolute atomic E-state index is 0. The van der Waals surface area contributed by atoms with Crippen LogP contribution in [0.3, 0.4) is 0 Å². The predicted octanol–water partition coefficient (Wildman–Crippen LogP) is 3.47. The normalized spacial score (nSPS) is 18.9. The predicted molar refractivity (Wildman–Crippen MR) is 145 cm³/mol. The van der Waals surface area contributed by atoms with Gasteiger partial charge >= 0.3 is 5.97 Å². The standard InChI is InChI=1S/C30H42N2O4.BrH/c1-4-6-7-8-9-12-23-35-28-14-11-10-13-27(28)29(33)31-25-17-15-24(16-18-25)30(34)36-26-19-21-32(3,5-2)22-20-26;/h10-11,13-18,26H,4-9,12,19-23H2,1-3H3;1H. The second-order valence-corrected chi connectivity index (χ2v) is 10.1. The fourth-order valence-corrected chi connectivity index (χ4v) is 4.55. The fraction of sp³-hybridized carbons (Fsp3) is 0.533. The van der Waals surface area contributed by atoms with Gasteiger partial charge in [0.2, 0.25) is 0 Å². The van der Waals surface area contributed by atoms with Crippen LogP contribution in [0.15, 0.2) is 48.5 Å². The van der Waals surface area contributed by atoms with Crippen LogP contribution in [0.25, 0.3) is 0 Å². The second-order valence-electron chi connectivity index (χ2n) is 10.1. The van der Waals surface area contributed by atoms with Crippen molar-refractivity contribution < 1.29 is 40.5 Å². The third-order valence-corrected chi connectivity index (χ3v) is 7.28. The Morgan fingerprint density at radius 3 is 2.24 bits per heavy atom. The van der Waals surface area contributed by atoms with Gasteiger partial charge in [-0.15, -0.1) is 0 Å². The number of nitrogens with zero attached hydrogens (tertiary/aromatic N) is 1. The highest BCUT2D eigenvalue weighted by molar-refractivity contribution is 6.06. The lowest BCUT2D eigenvalue weighted by Gasteiger charge is -2.39. The van der Waals surface area contributed by atoms with E-state index in [2.05, 4.69) is 26.2 Å². The molecular weight excluding hydrogens is 532 g/mol. The van der Waals surface area contributed by atoms with Crippen molar-refractivity contribution in [3.63, 3.8) is 0 Å². The summed E-state index contributed by atoms with van der Waals surface area (Å²) in [5.41, 5.74) is 1.62. The summed E-state index contributed by atoms with van der Waals surface area (Å²) in [5.74, 6) is 0.0520. The first-order valence-electron chi connectivity index (χ1n) is 13.6. The zero-order valence-electron chi connectivity index (χ0n) is 22.6. The molecule has 0 saturated carbocycles. The number of hydrogen-bond donors (Lipinski definition) is 1. The topological polar surface area (TPSA) is 64.6 Å². The van der Waals surface area contributed by atoms with E-state index in [0.717, 1.165) is 49.8 Å². The maximum Gasteiger partial charge on any atom is 0.338 e. The van der Waals surface area contributed by atoms with Crippen LogP contribution in [0, 0.1) is 0 Å². The molecule has 0 aromatic heterocycles. The molecule has 2 aromatic rings. The average Bonchev–Trinajstić information content (AvgIpc) is 2.90. The molecule has 37 heavy (non-hydrogen) atoms. The summed E-state index contributed by atoms with van der Waals surface area (Å²) in [6.07, 6.45) is 8.90. The lowest BCUT2D eigenvalue weighted by molar-refractivity contribution is -0.913. The minimum Gasteiger partial charge on any atom is -1.00 e. The third-order valence-electron chi connectivity index (χ3n) is 7.28. The number of rotatable bonds is 13. The Kier molecular flexibility index (Phi) is 13.1. The number of carbonyl (C=O) groups is 2. The molecular formula is C30H43BrN2O4. The number of halogens is 1. The minimum atomic E-state index is -0.307. The molecule has 7 heteroatoms. The largest absolute Gasteiger partial charge is 1.00 e. The van der Waals surface area contributed by atoms with Crippen molar-refractivity contribution in [3.8, 4) is 5.75 Å². The van der Waals surface area contributed by atoms with Crippen molar-refractivity contribution in [3.05, 3.63) is 59.7 Å². The average molecular weight is 576 g/mol. The van der Waals surface area contributed by atoms with Crippen molar-refractivity contribution in [2.24, 2.45) is 0 Å². The number of carbonyl (C=O) groups excluding carboxylic acids is 2. The number of quaternary nitrogens is 1. The van der Waals surface area contributed by atoms with Crippen LogP contribution < -0.4 is 27.0 Å². The van der Waals surface area contributed by atoms with Gasteiger partial charge < -0.3 is 36.3 Å². The van der Waals surface area contributed by atoms with Crippen molar-refractivity contribution in [2.45, 2.75) is 71.3 Å². The van der Waals surface area contributed by atoms with E-state index in [1.54, 1.807) is 30.3 Å². The van der Waals surface area contributed by atoms with Gasteiger partial charge in [0.15, 0.2) is 0 Å². The Balaban J connectivity index is 0.00000481. The van der Waals surface area contributed by atoms with Gasteiger partial charge in [-0.1, -0.05) is 51.2 Å². The van der Waals surface area contributed by atoms with E-state index in [1.165, 1.54) is 25.7 Å². The van der Waals surface area contributed by atoms with Gasteiger partial charge in [-0.05, 0) is 49.7 Å². The summed E-state index contributed by atoms with van der Waals surface area (Å²) in [6, 6.07) is 14.2. The molecule has 0 unspecified atom stereocenters. The smallest absolute Gasteiger partial charge is 0.338 e. The van der Waals surface area contributed by atoms with Crippen molar-refractivity contribution >= 4 is 17.6 Å². The molecule has 2 aromatic carbocycles. The summed E-state index contributed by atoms with van der Waals surface area (Å²) >= 11 is 0. The molecule has 1 heterocycles. The number of benzene rings is 2. The van der Waals surface area contributed by atoms with Crippen LogP contribution in [0.5, 0.6) is 5.75 Å². The lowest BCUT2D eigenvalue weighted by atomic mass is 10.1. The van der Waals surface area contributed by atoms with E-state index in [9.17, 15) is 9.59 Å². The van der Waals surface area contributed by atoms with Crippen LogP contribution in [0.2, 0.25) is 0 Å². The van der Waals surface area contributed by atoms with Crippen LogP contribution in [0.4, 0.5) is 5.69 Å². The Hall–Kier alpha value is -2.38. The third kappa shape index (κ3) is 9.78. The molecule has 204 valence electrons. The van der Waals surface area contributed by atoms with Crippen LogP contribution in [-0.4, -0.2) is 55.8 Å². The van der Waals surface area contributed by atoms with Gasteiger partial charge in [-0.25, -0.2) is 4.79 Å². The molecule has 0 spiro atoms. The molecule has 1 saturated heterocycles. The number of likely N-dealkylation sites (tertiary alicyclic amines) is 1. The quantitative estimate of drug-likeness (QED) is 0.226. The van der Waals surface area contributed by atoms with E-state index in [0.29, 0.717) is 29.2 Å². The molecule has 1 aliphatic rings. The summed E-state index contributed by atoms with van der Waals surface area (Å²) in [4.78, 5) is 25.5. The molecule has 1 N–H and O–H groups in total. The number of para-hydroxylation sites is 1. The monoisotopic (exact) mass is 574 g/mol. The highest BCUT2D eigenvalue weighted by Gasteiger charge is 2.30. The Bertz CT molecular complexity index is 972. The fourth-order valence-electron chi connectivity index (χ4n) is 4.55. The van der Waals surface area contributed by atoms with E-state index in [1.807, 2.05) is 18.2 Å².